The van der Waals surface area contributed by atoms with Gasteiger partial charge in [-0.25, -0.2) is 9.37 Å². The van der Waals surface area contributed by atoms with Gasteiger partial charge in [-0.2, -0.15) is 0 Å². The van der Waals surface area contributed by atoms with Gasteiger partial charge in [0.2, 0.25) is 0 Å². The molecule has 1 unspecified atom stereocenters. The van der Waals surface area contributed by atoms with Crippen molar-refractivity contribution in [1.29, 1.82) is 0 Å². The van der Waals surface area contributed by atoms with Crippen LogP contribution in [-0.2, 0) is 5.88 Å². The Bertz CT molecular complexity index is 604. The molecule has 0 amide bonds. The summed E-state index contributed by atoms with van der Waals surface area (Å²) in [4.78, 5) is 6.30. The minimum Gasteiger partial charge on any atom is -0.353 e. The molecule has 0 aliphatic rings. The summed E-state index contributed by atoms with van der Waals surface area (Å²) < 4.78 is 13.8. The quantitative estimate of drug-likeness (QED) is 0.753. The van der Waals surface area contributed by atoms with E-state index < -0.39 is 0 Å². The summed E-state index contributed by atoms with van der Waals surface area (Å²) in [5.74, 6) is 0.730. The van der Waals surface area contributed by atoms with E-state index in [1.165, 1.54) is 6.07 Å². The molecule has 1 aromatic heterocycles. The molecule has 0 fully saturated rings. The minimum atomic E-state index is -0.224. The topological polar surface area (TPSA) is 16.1 Å². The van der Waals surface area contributed by atoms with Gasteiger partial charge in [0.15, 0.2) is 0 Å². The fourth-order valence-electron chi connectivity index (χ4n) is 1.98. The lowest BCUT2D eigenvalue weighted by molar-refractivity contribution is 0.584. The van der Waals surface area contributed by atoms with Crippen molar-refractivity contribution in [2.75, 3.05) is 11.9 Å². The number of aromatic nitrogens is 1. The highest BCUT2D eigenvalue weighted by molar-refractivity contribution is 6.32. The summed E-state index contributed by atoms with van der Waals surface area (Å²) in [5.41, 5.74) is 1.25. The molecule has 1 heterocycles. The van der Waals surface area contributed by atoms with E-state index >= 15 is 0 Å². The molecule has 5 heteroatoms. The van der Waals surface area contributed by atoms with Gasteiger partial charge in [-0.3, -0.25) is 0 Å². The van der Waals surface area contributed by atoms with Crippen molar-refractivity contribution >= 4 is 29.0 Å². The summed E-state index contributed by atoms with van der Waals surface area (Å²) in [7, 11) is 1.87. The Morgan fingerprint density at radius 1 is 1.25 bits per heavy atom. The first-order chi connectivity index (χ1) is 9.54. The summed E-state index contributed by atoms with van der Waals surface area (Å²) >= 11 is 11.8. The maximum absolute atomic E-state index is 13.8. The average molecular weight is 313 g/mol. The van der Waals surface area contributed by atoms with E-state index in [0.717, 1.165) is 0 Å². The van der Waals surface area contributed by atoms with Crippen molar-refractivity contribution < 1.29 is 4.39 Å². The Balaban J connectivity index is 2.31. The monoisotopic (exact) mass is 312 g/mol. The first-order valence-corrected chi connectivity index (χ1v) is 7.14. The van der Waals surface area contributed by atoms with Gasteiger partial charge in [-0.05, 0) is 25.1 Å². The van der Waals surface area contributed by atoms with Gasteiger partial charge >= 0.3 is 0 Å². The van der Waals surface area contributed by atoms with Crippen LogP contribution in [0.2, 0.25) is 5.02 Å². The summed E-state index contributed by atoms with van der Waals surface area (Å²) in [6.07, 6.45) is 0. The Kier molecular flexibility index (Phi) is 4.84. The van der Waals surface area contributed by atoms with Gasteiger partial charge in [0.05, 0.1) is 22.6 Å². The summed E-state index contributed by atoms with van der Waals surface area (Å²) in [5, 5.41) is 0.538. The Morgan fingerprint density at radius 2 is 1.95 bits per heavy atom. The highest BCUT2D eigenvalue weighted by Crippen LogP contribution is 2.27. The molecule has 2 aromatic rings. The maximum Gasteiger partial charge on any atom is 0.129 e. The van der Waals surface area contributed by atoms with Crippen molar-refractivity contribution in [3.63, 3.8) is 0 Å². The molecule has 1 atom stereocenters. The largest absolute Gasteiger partial charge is 0.353 e. The number of rotatable bonds is 4. The van der Waals surface area contributed by atoms with Crippen LogP contribution in [0, 0.1) is 5.82 Å². The number of hydrogen-bond donors (Lipinski definition) is 0. The number of nitrogens with zero attached hydrogens (tertiary/aromatic N) is 2. The average Bonchev–Trinajstić information content (AvgIpc) is 2.47. The molecular weight excluding hydrogens is 298 g/mol. The third kappa shape index (κ3) is 3.05. The molecule has 0 aliphatic carbocycles. The number of alkyl halides is 1. The number of pyridine rings is 1. The van der Waals surface area contributed by atoms with Crippen molar-refractivity contribution in [3.05, 3.63) is 58.5 Å². The van der Waals surface area contributed by atoms with Gasteiger partial charge in [0.1, 0.15) is 11.6 Å². The smallest absolute Gasteiger partial charge is 0.129 e. The zero-order valence-electron chi connectivity index (χ0n) is 11.3. The molecule has 1 aromatic carbocycles. The van der Waals surface area contributed by atoms with E-state index in [-0.39, 0.29) is 17.7 Å². The fraction of sp³-hybridized carbons (Fsp3) is 0.267. The number of hydrogen-bond acceptors (Lipinski definition) is 2. The van der Waals surface area contributed by atoms with Crippen LogP contribution in [0.1, 0.15) is 24.2 Å². The third-order valence-electron chi connectivity index (χ3n) is 3.33. The van der Waals surface area contributed by atoms with Crippen LogP contribution < -0.4 is 4.90 Å². The highest BCUT2D eigenvalue weighted by Gasteiger charge is 2.17. The summed E-state index contributed by atoms with van der Waals surface area (Å²) in [6, 6.07) is 10.1. The zero-order chi connectivity index (χ0) is 14.7. The predicted octanol–water partition coefficient (Wildman–Crippen LogP) is 4.81. The van der Waals surface area contributed by atoms with E-state index in [0.29, 0.717) is 22.1 Å². The first-order valence-electron chi connectivity index (χ1n) is 6.23. The second kappa shape index (κ2) is 6.42. The SMILES string of the molecule is CC(c1ccccc1F)N(C)c1ccc(Cl)c(CCl)n1. The molecule has 0 radical (unpaired) electrons. The lowest BCUT2D eigenvalue weighted by atomic mass is 10.1. The lowest BCUT2D eigenvalue weighted by Crippen LogP contribution is -2.23. The minimum absolute atomic E-state index is 0.145. The molecule has 106 valence electrons. The van der Waals surface area contributed by atoms with Crippen LogP contribution in [0.5, 0.6) is 0 Å². The standard InChI is InChI=1S/C15H15Cl2FN2/c1-10(11-5-3-4-6-13(11)18)20(2)15-8-7-12(17)14(9-16)19-15/h3-8,10H,9H2,1-2H3. The molecule has 0 saturated heterocycles. The molecule has 0 spiro atoms. The maximum atomic E-state index is 13.8. The van der Waals surface area contributed by atoms with Crippen LogP contribution in [0.4, 0.5) is 10.2 Å². The molecule has 0 N–H and O–H groups in total. The Hall–Kier alpha value is -1.32. The van der Waals surface area contributed by atoms with Crippen molar-refractivity contribution in [2.45, 2.75) is 18.8 Å². The third-order valence-corrected chi connectivity index (χ3v) is 3.93. The molecule has 0 saturated carbocycles. The van der Waals surface area contributed by atoms with Gasteiger partial charge in [0.25, 0.3) is 0 Å². The second-order valence-electron chi connectivity index (χ2n) is 4.54. The van der Waals surface area contributed by atoms with Crippen LogP contribution in [0.3, 0.4) is 0 Å². The Labute approximate surface area is 128 Å². The molecule has 2 nitrogen and oxygen atoms in total. The molecule has 2 rings (SSSR count). The molecule has 20 heavy (non-hydrogen) atoms. The van der Waals surface area contributed by atoms with Gasteiger partial charge in [0, 0.05) is 12.6 Å². The lowest BCUT2D eigenvalue weighted by Gasteiger charge is -2.27. The first kappa shape index (κ1) is 15.1. The molecule has 0 aliphatic heterocycles. The van der Waals surface area contributed by atoms with Crippen molar-refractivity contribution in [2.24, 2.45) is 0 Å². The van der Waals surface area contributed by atoms with Crippen LogP contribution in [0.25, 0.3) is 0 Å². The number of halogens is 3. The van der Waals surface area contributed by atoms with Crippen LogP contribution in [-0.4, -0.2) is 12.0 Å². The van der Waals surface area contributed by atoms with Gasteiger partial charge in [-0.1, -0.05) is 29.8 Å². The van der Waals surface area contributed by atoms with Gasteiger partial charge in [-0.15, -0.1) is 11.6 Å². The van der Waals surface area contributed by atoms with Crippen LogP contribution in [0.15, 0.2) is 36.4 Å². The van der Waals surface area contributed by atoms with Crippen LogP contribution >= 0.6 is 23.2 Å². The normalized spacial score (nSPS) is 12.2. The van der Waals surface area contributed by atoms with E-state index in [4.69, 9.17) is 23.2 Å². The number of anilines is 1. The van der Waals surface area contributed by atoms with E-state index in [1.54, 1.807) is 24.3 Å². The predicted molar refractivity (Wildman–Crippen MR) is 82.0 cm³/mol. The van der Waals surface area contributed by atoms with E-state index in [9.17, 15) is 4.39 Å². The fourth-order valence-corrected chi connectivity index (χ4v) is 2.43. The zero-order valence-corrected chi connectivity index (χ0v) is 12.8. The van der Waals surface area contributed by atoms with Gasteiger partial charge < -0.3 is 4.90 Å². The van der Waals surface area contributed by atoms with Crippen molar-refractivity contribution in [1.82, 2.24) is 4.98 Å². The highest BCUT2D eigenvalue weighted by atomic mass is 35.5. The number of benzene rings is 1. The van der Waals surface area contributed by atoms with E-state index in [1.807, 2.05) is 24.9 Å². The molecule has 0 bridgehead atoms. The van der Waals surface area contributed by atoms with Crippen molar-refractivity contribution in [3.8, 4) is 0 Å². The molecular formula is C15H15Cl2FN2. The summed E-state index contributed by atoms with van der Waals surface area (Å²) in [6.45, 7) is 1.93. The second-order valence-corrected chi connectivity index (χ2v) is 5.21. The van der Waals surface area contributed by atoms with E-state index in [2.05, 4.69) is 4.98 Å². The Morgan fingerprint density at radius 3 is 2.60 bits per heavy atom.